The van der Waals surface area contributed by atoms with Crippen molar-refractivity contribution in [3.8, 4) is 5.75 Å². The molecule has 19 heavy (non-hydrogen) atoms. The Kier molecular flexibility index (Phi) is 4.01. The fourth-order valence-electron chi connectivity index (χ4n) is 1.75. The van der Waals surface area contributed by atoms with Crippen molar-refractivity contribution >= 4 is 17.3 Å². The highest BCUT2D eigenvalue weighted by atomic mass is 35.5. The highest BCUT2D eigenvalue weighted by molar-refractivity contribution is 6.16. The zero-order chi connectivity index (χ0) is 13.8. The average molecular weight is 282 g/mol. The maximum atomic E-state index is 10.9. The highest BCUT2D eigenvalue weighted by Crippen LogP contribution is 2.27. The molecule has 2 aromatic rings. The second-order valence-electron chi connectivity index (χ2n) is 3.93. The number of halogens is 1. The summed E-state index contributed by atoms with van der Waals surface area (Å²) in [6.45, 7) is 0.495. The van der Waals surface area contributed by atoms with Gasteiger partial charge in [0.05, 0.1) is 29.9 Å². The number of hydrogen-bond donors (Lipinski definition) is 0. The molecule has 1 heterocycles. The third-order valence-electron chi connectivity index (χ3n) is 2.63. The van der Waals surface area contributed by atoms with Crippen molar-refractivity contribution in [2.24, 2.45) is 0 Å². The van der Waals surface area contributed by atoms with Gasteiger partial charge in [-0.25, -0.2) is 4.98 Å². The Morgan fingerprint density at radius 1 is 1.53 bits per heavy atom. The third kappa shape index (κ3) is 3.03. The van der Waals surface area contributed by atoms with Gasteiger partial charge in [-0.05, 0) is 11.6 Å². The summed E-state index contributed by atoms with van der Waals surface area (Å²) in [7, 11) is 1.41. The summed E-state index contributed by atoms with van der Waals surface area (Å²) in [5.41, 5.74) is 1.52. The molecule has 0 aliphatic heterocycles. The largest absolute Gasteiger partial charge is 0.490 e. The molecule has 0 saturated heterocycles. The summed E-state index contributed by atoms with van der Waals surface area (Å²) in [5, 5.41) is 10.9. The number of nitro groups is 1. The molecule has 0 N–H and O–H groups in total. The van der Waals surface area contributed by atoms with Crippen LogP contribution in [0.1, 0.15) is 11.3 Å². The Hall–Kier alpha value is -2.08. The van der Waals surface area contributed by atoms with Crippen molar-refractivity contribution in [3.63, 3.8) is 0 Å². The van der Waals surface area contributed by atoms with Crippen LogP contribution >= 0.6 is 11.6 Å². The predicted octanol–water partition coefficient (Wildman–Crippen LogP) is 2.59. The van der Waals surface area contributed by atoms with Crippen LogP contribution in [0.3, 0.4) is 0 Å². The summed E-state index contributed by atoms with van der Waals surface area (Å²) in [6, 6.07) is 4.87. The molecule has 2 rings (SSSR count). The topological polar surface area (TPSA) is 70.2 Å². The molecule has 0 spiro atoms. The van der Waals surface area contributed by atoms with Crippen molar-refractivity contribution in [2.75, 3.05) is 7.11 Å². The minimum atomic E-state index is -0.458. The normalized spacial score (nSPS) is 10.4. The van der Waals surface area contributed by atoms with Crippen LogP contribution in [0.2, 0.25) is 0 Å². The number of nitro benzene ring substituents is 1. The number of aromatic nitrogens is 2. The number of hydrogen-bond acceptors (Lipinski definition) is 4. The third-order valence-corrected chi connectivity index (χ3v) is 2.90. The standard InChI is InChI=1S/C12H12ClN3O3/c1-19-12-3-2-9(4-11(12)16(17)18)6-15-7-10(5-13)14-8-15/h2-4,7-8H,5-6H2,1H3. The van der Waals surface area contributed by atoms with Gasteiger partial charge in [0.25, 0.3) is 0 Å². The lowest BCUT2D eigenvalue weighted by Crippen LogP contribution is -1.99. The van der Waals surface area contributed by atoms with Crippen LogP contribution in [-0.4, -0.2) is 21.6 Å². The smallest absolute Gasteiger partial charge is 0.311 e. The van der Waals surface area contributed by atoms with Crippen LogP contribution in [0.5, 0.6) is 5.75 Å². The van der Waals surface area contributed by atoms with E-state index in [-0.39, 0.29) is 11.4 Å². The van der Waals surface area contributed by atoms with Gasteiger partial charge in [0.2, 0.25) is 0 Å². The summed E-state index contributed by atoms with van der Waals surface area (Å²) < 4.78 is 6.78. The first kappa shape index (κ1) is 13.4. The summed E-state index contributed by atoms with van der Waals surface area (Å²) in [5.74, 6) is 0.594. The Balaban J connectivity index is 2.25. The fraction of sp³-hybridized carbons (Fsp3) is 0.250. The van der Waals surface area contributed by atoms with Crippen LogP contribution in [-0.2, 0) is 12.4 Å². The van der Waals surface area contributed by atoms with Crippen LogP contribution in [0.25, 0.3) is 0 Å². The van der Waals surface area contributed by atoms with Gasteiger partial charge >= 0.3 is 5.69 Å². The molecule has 0 fully saturated rings. The molecular formula is C12H12ClN3O3. The van der Waals surface area contributed by atoms with Crippen molar-refractivity contribution in [3.05, 3.63) is 52.1 Å². The molecule has 0 saturated carbocycles. The van der Waals surface area contributed by atoms with E-state index >= 15 is 0 Å². The maximum Gasteiger partial charge on any atom is 0.311 e. The first-order chi connectivity index (χ1) is 9.13. The Morgan fingerprint density at radius 2 is 2.32 bits per heavy atom. The molecule has 0 aliphatic rings. The minimum Gasteiger partial charge on any atom is -0.490 e. The molecule has 0 bridgehead atoms. The number of ether oxygens (including phenoxy) is 1. The molecular weight excluding hydrogens is 270 g/mol. The Labute approximate surface area is 114 Å². The van der Waals surface area contributed by atoms with Crippen LogP contribution in [0, 0.1) is 10.1 Å². The van der Waals surface area contributed by atoms with Gasteiger partial charge in [-0.3, -0.25) is 10.1 Å². The molecule has 0 atom stereocenters. The van der Waals surface area contributed by atoms with E-state index in [2.05, 4.69) is 4.98 Å². The zero-order valence-corrected chi connectivity index (χ0v) is 11.0. The molecule has 0 amide bonds. The first-order valence-electron chi connectivity index (χ1n) is 5.52. The van der Waals surface area contributed by atoms with E-state index in [1.165, 1.54) is 13.2 Å². The van der Waals surface area contributed by atoms with E-state index in [0.29, 0.717) is 12.4 Å². The van der Waals surface area contributed by atoms with Gasteiger partial charge in [-0.15, -0.1) is 11.6 Å². The fourth-order valence-corrected chi connectivity index (χ4v) is 1.89. The van der Waals surface area contributed by atoms with Gasteiger partial charge in [-0.1, -0.05) is 6.07 Å². The average Bonchev–Trinajstić information content (AvgIpc) is 2.86. The number of imidazole rings is 1. The zero-order valence-electron chi connectivity index (χ0n) is 10.2. The monoisotopic (exact) mass is 281 g/mol. The SMILES string of the molecule is COc1ccc(Cn2cnc(CCl)c2)cc1[N+](=O)[O-]. The predicted molar refractivity (Wildman–Crippen MR) is 70.5 cm³/mol. The lowest BCUT2D eigenvalue weighted by molar-refractivity contribution is -0.385. The van der Waals surface area contributed by atoms with Crippen LogP contribution in [0.4, 0.5) is 5.69 Å². The molecule has 100 valence electrons. The van der Waals surface area contributed by atoms with E-state index in [9.17, 15) is 10.1 Å². The van der Waals surface area contributed by atoms with Crippen molar-refractivity contribution in [2.45, 2.75) is 12.4 Å². The lowest BCUT2D eigenvalue weighted by Gasteiger charge is -2.05. The molecule has 0 unspecified atom stereocenters. The van der Waals surface area contributed by atoms with E-state index in [1.807, 2.05) is 10.8 Å². The van der Waals surface area contributed by atoms with Gasteiger partial charge in [0.15, 0.2) is 5.75 Å². The van der Waals surface area contributed by atoms with Gasteiger partial charge in [0, 0.05) is 18.8 Å². The second-order valence-corrected chi connectivity index (χ2v) is 4.20. The molecule has 0 aliphatic carbocycles. The van der Waals surface area contributed by atoms with Gasteiger partial charge in [0.1, 0.15) is 0 Å². The lowest BCUT2D eigenvalue weighted by atomic mass is 10.2. The number of benzene rings is 1. The quantitative estimate of drug-likeness (QED) is 0.480. The minimum absolute atomic E-state index is 0.0438. The highest BCUT2D eigenvalue weighted by Gasteiger charge is 2.15. The molecule has 1 aromatic carbocycles. The number of nitrogens with zero attached hydrogens (tertiary/aromatic N) is 3. The van der Waals surface area contributed by atoms with E-state index in [0.717, 1.165) is 11.3 Å². The van der Waals surface area contributed by atoms with E-state index < -0.39 is 4.92 Å². The molecule has 1 aromatic heterocycles. The first-order valence-corrected chi connectivity index (χ1v) is 6.05. The summed E-state index contributed by atoms with van der Waals surface area (Å²) in [6.07, 6.45) is 3.46. The van der Waals surface area contributed by atoms with Gasteiger partial charge < -0.3 is 9.30 Å². The van der Waals surface area contributed by atoms with Crippen molar-refractivity contribution < 1.29 is 9.66 Å². The summed E-state index contributed by atoms with van der Waals surface area (Å²) >= 11 is 5.67. The molecule has 0 radical (unpaired) electrons. The van der Waals surface area contributed by atoms with Gasteiger partial charge in [-0.2, -0.15) is 0 Å². The Morgan fingerprint density at radius 3 is 2.89 bits per heavy atom. The molecule has 6 nitrogen and oxygen atoms in total. The molecule has 7 heteroatoms. The number of alkyl halides is 1. The second kappa shape index (κ2) is 5.71. The van der Waals surface area contributed by atoms with E-state index in [4.69, 9.17) is 16.3 Å². The Bertz CT molecular complexity index is 598. The van der Waals surface area contributed by atoms with E-state index in [1.54, 1.807) is 18.5 Å². The summed E-state index contributed by atoms with van der Waals surface area (Å²) in [4.78, 5) is 14.6. The van der Waals surface area contributed by atoms with Crippen molar-refractivity contribution in [1.82, 2.24) is 9.55 Å². The van der Waals surface area contributed by atoms with Crippen molar-refractivity contribution in [1.29, 1.82) is 0 Å². The maximum absolute atomic E-state index is 10.9. The number of methoxy groups -OCH3 is 1. The van der Waals surface area contributed by atoms with Crippen LogP contribution < -0.4 is 4.74 Å². The van der Waals surface area contributed by atoms with Crippen LogP contribution in [0.15, 0.2) is 30.7 Å². The number of rotatable bonds is 5.